The van der Waals surface area contributed by atoms with Crippen molar-refractivity contribution in [3.63, 3.8) is 0 Å². The van der Waals surface area contributed by atoms with E-state index in [1.165, 1.54) is 18.3 Å². The Bertz CT molecular complexity index is 1310. The van der Waals surface area contributed by atoms with E-state index >= 15 is 0 Å². The summed E-state index contributed by atoms with van der Waals surface area (Å²) < 4.78 is 54.6. The zero-order valence-electron chi connectivity index (χ0n) is 18.4. The number of nitrogens with zero attached hydrogens (tertiary/aromatic N) is 3. The third-order valence-electron chi connectivity index (χ3n) is 5.64. The van der Waals surface area contributed by atoms with Crippen molar-refractivity contribution in [1.82, 2.24) is 20.1 Å². The summed E-state index contributed by atoms with van der Waals surface area (Å²) >= 11 is 0. The fourth-order valence-corrected chi connectivity index (χ4v) is 6.01. The maximum absolute atomic E-state index is 12.8. The molecule has 0 spiro atoms. The maximum atomic E-state index is 12.8. The number of hydrogen-bond donors (Lipinski definition) is 1. The summed E-state index contributed by atoms with van der Waals surface area (Å²) in [6.45, 7) is 2.71. The number of halogens is 2. The third-order valence-corrected chi connectivity index (χ3v) is 7.80. The number of pyridine rings is 1. The molecule has 8 nitrogen and oxygen atoms in total. The van der Waals surface area contributed by atoms with Gasteiger partial charge in [-0.2, -0.15) is 13.9 Å². The molecule has 1 aliphatic heterocycles. The Kier molecular flexibility index (Phi) is 5.85. The lowest BCUT2D eigenvalue weighted by Crippen LogP contribution is -2.63. The summed E-state index contributed by atoms with van der Waals surface area (Å²) in [7, 11) is -3.11. The molecular formula is C22H24F2N4O4S. The van der Waals surface area contributed by atoms with Gasteiger partial charge in [0.1, 0.15) is 17.0 Å². The number of carbonyl (C=O) groups is 1. The van der Waals surface area contributed by atoms with Crippen molar-refractivity contribution in [2.24, 2.45) is 0 Å². The van der Waals surface area contributed by atoms with Crippen LogP contribution in [0.15, 0.2) is 36.5 Å². The Balaban J connectivity index is 1.73. The van der Waals surface area contributed by atoms with E-state index in [1.54, 1.807) is 29.8 Å². The van der Waals surface area contributed by atoms with Gasteiger partial charge in [0.05, 0.1) is 28.1 Å². The van der Waals surface area contributed by atoms with Crippen LogP contribution < -0.4 is 10.1 Å². The van der Waals surface area contributed by atoms with E-state index in [4.69, 9.17) is 0 Å². The molecule has 1 fully saturated rings. The lowest BCUT2D eigenvalue weighted by atomic mass is 10.1. The fraction of sp³-hybridized carbons (Fsp3) is 0.409. The number of carbonyl (C=O) groups excluding carboxylic acids is 1. The molecule has 3 heterocycles. The smallest absolute Gasteiger partial charge is 0.387 e. The zero-order chi connectivity index (χ0) is 24.0. The Hall–Kier alpha value is -3.08. The zero-order valence-corrected chi connectivity index (χ0v) is 19.2. The number of ether oxygens (including phenoxy) is 1. The van der Waals surface area contributed by atoms with Crippen LogP contribution in [0.2, 0.25) is 0 Å². The molecule has 1 aromatic carbocycles. The Morgan fingerprint density at radius 3 is 2.67 bits per heavy atom. The molecule has 176 valence electrons. The summed E-state index contributed by atoms with van der Waals surface area (Å²) in [5.41, 5.74) is 1.62. The number of fused-ring (bicyclic) bond motifs is 1. The van der Waals surface area contributed by atoms with E-state index < -0.39 is 27.9 Å². The van der Waals surface area contributed by atoms with Crippen molar-refractivity contribution in [2.45, 2.75) is 45.4 Å². The SMILES string of the molecule is CCC(C)n1nc(-c2cccc(OC(F)F)c2)c2ncc(C(=O)NC3(C)CS(=O)(=O)C3)cc21. The summed E-state index contributed by atoms with van der Waals surface area (Å²) in [6, 6.07) is 7.86. The van der Waals surface area contributed by atoms with Crippen molar-refractivity contribution in [3.8, 4) is 17.0 Å². The van der Waals surface area contributed by atoms with Crippen LogP contribution in [0.5, 0.6) is 5.75 Å². The largest absolute Gasteiger partial charge is 0.435 e. The molecule has 0 saturated carbocycles. The molecule has 1 amide bonds. The monoisotopic (exact) mass is 478 g/mol. The first-order chi connectivity index (χ1) is 15.5. The van der Waals surface area contributed by atoms with E-state index in [2.05, 4.69) is 20.1 Å². The molecule has 1 N–H and O–H groups in total. The minimum absolute atomic E-state index is 0.00781. The molecule has 4 rings (SSSR count). The van der Waals surface area contributed by atoms with Crippen LogP contribution in [0.3, 0.4) is 0 Å². The number of benzene rings is 1. The summed E-state index contributed by atoms with van der Waals surface area (Å²) in [4.78, 5) is 17.3. The van der Waals surface area contributed by atoms with Gasteiger partial charge in [-0.1, -0.05) is 19.1 Å². The normalized spacial score (nSPS) is 17.5. The molecular weight excluding hydrogens is 454 g/mol. The number of rotatable bonds is 7. The Morgan fingerprint density at radius 2 is 2.03 bits per heavy atom. The first-order valence-electron chi connectivity index (χ1n) is 10.5. The van der Waals surface area contributed by atoms with Gasteiger partial charge in [-0.05, 0) is 38.5 Å². The number of nitrogens with one attached hydrogen (secondary N) is 1. The Morgan fingerprint density at radius 1 is 1.30 bits per heavy atom. The van der Waals surface area contributed by atoms with Gasteiger partial charge in [-0.25, -0.2) is 8.42 Å². The number of hydrogen-bond acceptors (Lipinski definition) is 6. The maximum Gasteiger partial charge on any atom is 0.387 e. The molecule has 1 aliphatic rings. The second kappa shape index (κ2) is 8.36. The van der Waals surface area contributed by atoms with E-state index in [9.17, 15) is 22.0 Å². The van der Waals surface area contributed by atoms with Crippen LogP contribution in [-0.4, -0.2) is 52.7 Å². The molecule has 0 bridgehead atoms. The van der Waals surface area contributed by atoms with Crippen LogP contribution in [0.25, 0.3) is 22.3 Å². The van der Waals surface area contributed by atoms with Crippen molar-refractivity contribution in [2.75, 3.05) is 11.5 Å². The molecule has 1 atom stereocenters. The number of aromatic nitrogens is 3. The van der Waals surface area contributed by atoms with Crippen LogP contribution in [-0.2, 0) is 9.84 Å². The standard InChI is InChI=1S/C22H24F2N4O4S/c1-4-13(2)28-17-9-15(20(29)26-22(3)11-33(30,31)12-22)10-25-19(17)18(27-28)14-6-5-7-16(8-14)32-21(23)24/h5-10,13,21H,4,11-12H2,1-3H3,(H,26,29). The van der Waals surface area contributed by atoms with Gasteiger partial charge in [-0.15, -0.1) is 0 Å². The summed E-state index contributed by atoms with van der Waals surface area (Å²) in [5.74, 6) is -0.623. The van der Waals surface area contributed by atoms with Crippen molar-refractivity contribution >= 4 is 26.8 Å². The van der Waals surface area contributed by atoms with E-state index in [0.29, 0.717) is 22.3 Å². The average molecular weight is 479 g/mol. The molecule has 33 heavy (non-hydrogen) atoms. The first-order valence-corrected chi connectivity index (χ1v) is 12.3. The lowest BCUT2D eigenvalue weighted by molar-refractivity contribution is -0.0498. The van der Waals surface area contributed by atoms with Crippen LogP contribution in [0.4, 0.5) is 8.78 Å². The van der Waals surface area contributed by atoms with Crippen molar-refractivity contribution in [3.05, 3.63) is 42.1 Å². The van der Waals surface area contributed by atoms with Gasteiger partial charge in [-0.3, -0.25) is 14.5 Å². The molecule has 1 unspecified atom stereocenters. The predicted molar refractivity (Wildman–Crippen MR) is 119 cm³/mol. The summed E-state index contributed by atoms with van der Waals surface area (Å²) in [6.07, 6.45) is 2.16. The van der Waals surface area contributed by atoms with E-state index in [1.807, 2.05) is 13.8 Å². The number of amides is 1. The van der Waals surface area contributed by atoms with Gasteiger partial charge in [0.15, 0.2) is 9.84 Å². The molecule has 2 aromatic heterocycles. The van der Waals surface area contributed by atoms with Crippen LogP contribution in [0.1, 0.15) is 43.6 Å². The second-order valence-electron chi connectivity index (χ2n) is 8.60. The minimum Gasteiger partial charge on any atom is -0.435 e. The van der Waals surface area contributed by atoms with E-state index in [-0.39, 0.29) is 28.9 Å². The van der Waals surface area contributed by atoms with Crippen LogP contribution >= 0.6 is 0 Å². The second-order valence-corrected chi connectivity index (χ2v) is 10.7. The topological polar surface area (TPSA) is 103 Å². The van der Waals surface area contributed by atoms with Gasteiger partial charge in [0, 0.05) is 17.8 Å². The highest BCUT2D eigenvalue weighted by molar-refractivity contribution is 7.93. The number of alkyl halides is 2. The molecule has 1 saturated heterocycles. The van der Waals surface area contributed by atoms with Crippen molar-refractivity contribution < 1.29 is 26.7 Å². The highest BCUT2D eigenvalue weighted by Crippen LogP contribution is 2.32. The molecule has 11 heteroatoms. The Labute approximate surface area is 189 Å². The molecule has 0 radical (unpaired) electrons. The summed E-state index contributed by atoms with van der Waals surface area (Å²) in [5, 5.41) is 7.45. The third kappa shape index (κ3) is 4.68. The van der Waals surface area contributed by atoms with E-state index in [0.717, 1.165) is 6.42 Å². The first kappa shape index (κ1) is 23.1. The van der Waals surface area contributed by atoms with Gasteiger partial charge >= 0.3 is 6.61 Å². The predicted octanol–water partition coefficient (Wildman–Crippen LogP) is 3.59. The lowest BCUT2D eigenvalue weighted by Gasteiger charge is -2.38. The average Bonchev–Trinajstić information content (AvgIpc) is 3.10. The quantitative estimate of drug-likeness (QED) is 0.557. The molecule has 3 aromatic rings. The van der Waals surface area contributed by atoms with Crippen LogP contribution in [0, 0.1) is 0 Å². The number of sulfone groups is 1. The fourth-order valence-electron chi connectivity index (χ4n) is 4.01. The molecule has 0 aliphatic carbocycles. The van der Waals surface area contributed by atoms with Crippen molar-refractivity contribution in [1.29, 1.82) is 0 Å². The highest BCUT2D eigenvalue weighted by atomic mass is 32.2. The highest BCUT2D eigenvalue weighted by Gasteiger charge is 2.45. The minimum atomic E-state index is -3.11. The van der Waals surface area contributed by atoms with Gasteiger partial charge in [0.25, 0.3) is 5.91 Å². The van der Waals surface area contributed by atoms with Gasteiger partial charge in [0.2, 0.25) is 0 Å². The van der Waals surface area contributed by atoms with Gasteiger partial charge < -0.3 is 10.1 Å².